The molecule has 1 saturated heterocycles. The molecule has 1 aromatic carbocycles. The van der Waals surface area contributed by atoms with Crippen LogP contribution in [0.2, 0.25) is 0 Å². The lowest BCUT2D eigenvalue weighted by Gasteiger charge is -2.17. The Morgan fingerprint density at radius 3 is 2.85 bits per heavy atom. The van der Waals surface area contributed by atoms with Crippen LogP contribution in [-0.2, 0) is 4.74 Å². The number of methoxy groups -OCH3 is 1. The van der Waals surface area contributed by atoms with E-state index in [0.717, 1.165) is 12.1 Å². The lowest BCUT2D eigenvalue weighted by Crippen LogP contribution is -2.38. The van der Waals surface area contributed by atoms with E-state index in [1.807, 2.05) is 0 Å². The van der Waals surface area contributed by atoms with Crippen molar-refractivity contribution in [3.05, 3.63) is 29.6 Å². The molecule has 0 spiro atoms. The molecule has 1 heterocycles. The molecule has 1 aromatic rings. The van der Waals surface area contributed by atoms with E-state index in [4.69, 9.17) is 5.73 Å². The van der Waals surface area contributed by atoms with Crippen molar-refractivity contribution < 1.29 is 18.7 Å². The molecule has 1 fully saturated rings. The first-order chi connectivity index (χ1) is 9.49. The minimum absolute atomic E-state index is 0.155. The highest BCUT2D eigenvalue weighted by Gasteiger charge is 2.28. The van der Waals surface area contributed by atoms with E-state index in [2.05, 4.69) is 10.1 Å². The fraction of sp³-hybridized carbons (Fsp3) is 0.385. The molecule has 1 aliphatic heterocycles. The average molecular weight is 281 g/mol. The minimum Gasteiger partial charge on any atom is -0.453 e. The first kappa shape index (κ1) is 14.1. The Labute approximate surface area is 115 Å². The van der Waals surface area contributed by atoms with Crippen molar-refractivity contribution in [1.29, 1.82) is 0 Å². The third-order valence-electron chi connectivity index (χ3n) is 3.15. The number of ether oxygens (including phenoxy) is 1. The fourth-order valence-corrected chi connectivity index (χ4v) is 2.21. The van der Waals surface area contributed by atoms with Crippen LogP contribution in [0.1, 0.15) is 16.8 Å². The van der Waals surface area contributed by atoms with Gasteiger partial charge in [-0.3, -0.25) is 4.79 Å². The van der Waals surface area contributed by atoms with Crippen molar-refractivity contribution in [1.82, 2.24) is 10.2 Å². The van der Waals surface area contributed by atoms with Gasteiger partial charge in [-0.25, -0.2) is 9.18 Å². The highest BCUT2D eigenvalue weighted by Crippen LogP contribution is 2.17. The largest absolute Gasteiger partial charge is 0.453 e. The molecule has 1 atom stereocenters. The van der Waals surface area contributed by atoms with Crippen molar-refractivity contribution in [3.8, 4) is 0 Å². The number of carbonyl (C=O) groups excluding carboxylic acids is 2. The van der Waals surface area contributed by atoms with E-state index in [1.165, 1.54) is 13.2 Å². The molecule has 108 valence electrons. The molecule has 1 unspecified atom stereocenters. The standard InChI is InChI=1S/C13H16FN3O3/c1-20-13(19)16-11-2-3-17(7-11)12(18)8-4-9(14)6-10(15)5-8/h4-6,11H,2-3,7,15H2,1H3,(H,16,19). The predicted octanol–water partition coefficient (Wildman–Crippen LogP) is 0.978. The number of rotatable bonds is 2. The summed E-state index contributed by atoms with van der Waals surface area (Å²) in [5, 5.41) is 2.63. The first-order valence-corrected chi connectivity index (χ1v) is 6.19. The van der Waals surface area contributed by atoms with Gasteiger partial charge in [0.05, 0.1) is 13.2 Å². The number of nitrogens with one attached hydrogen (secondary N) is 1. The molecule has 3 N–H and O–H groups in total. The molecular formula is C13H16FN3O3. The van der Waals surface area contributed by atoms with Gasteiger partial charge in [0.1, 0.15) is 5.82 Å². The van der Waals surface area contributed by atoms with Crippen molar-refractivity contribution in [3.63, 3.8) is 0 Å². The average Bonchev–Trinajstić information content (AvgIpc) is 2.85. The zero-order valence-corrected chi connectivity index (χ0v) is 11.1. The molecule has 6 nitrogen and oxygen atoms in total. The summed E-state index contributed by atoms with van der Waals surface area (Å²) in [6, 6.07) is 3.59. The molecule has 0 saturated carbocycles. The predicted molar refractivity (Wildman–Crippen MR) is 70.7 cm³/mol. The molecule has 2 rings (SSSR count). The normalized spacial score (nSPS) is 17.9. The first-order valence-electron chi connectivity index (χ1n) is 6.19. The topological polar surface area (TPSA) is 84.7 Å². The Morgan fingerprint density at radius 2 is 2.20 bits per heavy atom. The van der Waals surface area contributed by atoms with Crippen LogP contribution in [0, 0.1) is 5.82 Å². The zero-order valence-electron chi connectivity index (χ0n) is 11.1. The van der Waals surface area contributed by atoms with E-state index in [1.54, 1.807) is 4.90 Å². The number of hydrogen-bond donors (Lipinski definition) is 2. The van der Waals surface area contributed by atoms with E-state index in [0.29, 0.717) is 19.5 Å². The van der Waals surface area contributed by atoms with Gasteiger partial charge in [0.2, 0.25) is 0 Å². The lowest BCUT2D eigenvalue weighted by molar-refractivity contribution is 0.0787. The van der Waals surface area contributed by atoms with E-state index >= 15 is 0 Å². The van der Waals surface area contributed by atoms with Crippen molar-refractivity contribution in [2.24, 2.45) is 0 Å². The molecule has 2 amide bonds. The fourth-order valence-electron chi connectivity index (χ4n) is 2.21. The third-order valence-corrected chi connectivity index (χ3v) is 3.15. The highest BCUT2D eigenvalue weighted by molar-refractivity contribution is 5.95. The van der Waals surface area contributed by atoms with Gasteiger partial charge in [-0.1, -0.05) is 0 Å². The Morgan fingerprint density at radius 1 is 1.45 bits per heavy atom. The quantitative estimate of drug-likeness (QED) is 0.791. The zero-order chi connectivity index (χ0) is 14.7. The Bertz CT molecular complexity index is 515. The molecule has 0 bridgehead atoms. The van der Waals surface area contributed by atoms with Crippen LogP contribution < -0.4 is 11.1 Å². The van der Waals surface area contributed by atoms with Crippen molar-refractivity contribution >= 4 is 17.7 Å². The van der Waals surface area contributed by atoms with Gasteiger partial charge in [-0.15, -0.1) is 0 Å². The molecular weight excluding hydrogens is 265 g/mol. The molecule has 7 heteroatoms. The summed E-state index contributed by atoms with van der Waals surface area (Å²) < 4.78 is 17.7. The maximum Gasteiger partial charge on any atom is 0.407 e. The highest BCUT2D eigenvalue weighted by atomic mass is 19.1. The number of anilines is 1. The van der Waals surface area contributed by atoms with Gasteiger partial charge in [0, 0.05) is 24.3 Å². The van der Waals surface area contributed by atoms with Gasteiger partial charge < -0.3 is 20.7 Å². The molecule has 0 aromatic heterocycles. The number of hydrogen-bond acceptors (Lipinski definition) is 4. The van der Waals surface area contributed by atoms with Gasteiger partial charge in [-0.05, 0) is 24.6 Å². The van der Waals surface area contributed by atoms with E-state index in [-0.39, 0.29) is 23.2 Å². The van der Waals surface area contributed by atoms with Crippen LogP contribution in [0.25, 0.3) is 0 Å². The van der Waals surface area contributed by atoms with E-state index in [9.17, 15) is 14.0 Å². The number of nitrogen functional groups attached to an aromatic ring is 1. The van der Waals surface area contributed by atoms with Crippen LogP contribution in [-0.4, -0.2) is 43.1 Å². The number of halogens is 1. The second-order valence-corrected chi connectivity index (χ2v) is 4.65. The number of benzene rings is 1. The lowest BCUT2D eigenvalue weighted by atomic mass is 10.1. The number of likely N-dealkylation sites (tertiary alicyclic amines) is 1. The maximum absolute atomic E-state index is 13.2. The molecule has 0 radical (unpaired) electrons. The van der Waals surface area contributed by atoms with E-state index < -0.39 is 11.9 Å². The van der Waals surface area contributed by atoms with Crippen LogP contribution in [0.3, 0.4) is 0 Å². The van der Waals surface area contributed by atoms with Crippen molar-refractivity contribution in [2.45, 2.75) is 12.5 Å². The SMILES string of the molecule is COC(=O)NC1CCN(C(=O)c2cc(N)cc(F)c2)C1. The number of alkyl carbamates (subject to hydrolysis) is 1. The third kappa shape index (κ3) is 3.17. The maximum atomic E-state index is 13.2. The molecule has 0 aliphatic carbocycles. The summed E-state index contributed by atoms with van der Waals surface area (Å²) in [4.78, 5) is 24.9. The van der Waals surface area contributed by atoms with Crippen LogP contribution >= 0.6 is 0 Å². The minimum atomic E-state index is -0.545. The number of amides is 2. The summed E-state index contributed by atoms with van der Waals surface area (Å²) >= 11 is 0. The summed E-state index contributed by atoms with van der Waals surface area (Å²) in [6.07, 6.45) is 0.102. The molecule has 1 aliphatic rings. The summed E-state index contributed by atoms with van der Waals surface area (Å²) in [5.74, 6) is -0.845. The van der Waals surface area contributed by atoms with Gasteiger partial charge in [-0.2, -0.15) is 0 Å². The summed E-state index contributed by atoms with van der Waals surface area (Å²) in [6.45, 7) is 0.855. The Kier molecular flexibility index (Phi) is 4.07. The van der Waals surface area contributed by atoms with Crippen LogP contribution in [0.4, 0.5) is 14.9 Å². The number of nitrogens with zero attached hydrogens (tertiary/aromatic N) is 1. The number of carbonyl (C=O) groups is 2. The monoisotopic (exact) mass is 281 g/mol. The Hall–Kier alpha value is -2.31. The van der Waals surface area contributed by atoms with Crippen molar-refractivity contribution in [2.75, 3.05) is 25.9 Å². The van der Waals surface area contributed by atoms with Crippen LogP contribution in [0.15, 0.2) is 18.2 Å². The summed E-state index contributed by atoms with van der Waals surface area (Å²) in [7, 11) is 1.28. The van der Waals surface area contributed by atoms with Gasteiger partial charge in [0.15, 0.2) is 0 Å². The second-order valence-electron chi connectivity index (χ2n) is 4.65. The second kappa shape index (κ2) is 5.77. The van der Waals surface area contributed by atoms with Gasteiger partial charge in [0.25, 0.3) is 5.91 Å². The Balaban J connectivity index is 2.02. The smallest absolute Gasteiger partial charge is 0.407 e. The summed E-state index contributed by atoms with van der Waals surface area (Å²) in [5.41, 5.74) is 5.94. The molecule has 20 heavy (non-hydrogen) atoms. The van der Waals surface area contributed by atoms with Crippen LogP contribution in [0.5, 0.6) is 0 Å². The van der Waals surface area contributed by atoms with Gasteiger partial charge >= 0.3 is 6.09 Å². The number of nitrogens with two attached hydrogens (primary N) is 1.